The summed E-state index contributed by atoms with van der Waals surface area (Å²) in [5.41, 5.74) is 2.96. The van der Waals surface area contributed by atoms with Gasteiger partial charge in [0, 0.05) is 18.7 Å². The van der Waals surface area contributed by atoms with E-state index in [1.807, 2.05) is 54.6 Å². The summed E-state index contributed by atoms with van der Waals surface area (Å²) in [6.45, 7) is 0.372. The van der Waals surface area contributed by atoms with Crippen molar-refractivity contribution in [3.8, 4) is 0 Å². The molecule has 2 aromatic rings. The summed E-state index contributed by atoms with van der Waals surface area (Å²) < 4.78 is 0. The zero-order chi connectivity index (χ0) is 18.8. The number of urea groups is 1. The van der Waals surface area contributed by atoms with Gasteiger partial charge in [0.25, 0.3) is 5.91 Å². The Bertz CT molecular complexity index is 881. The fraction of sp³-hybridized carbons (Fsp3) is 0.286. The molecule has 27 heavy (non-hydrogen) atoms. The minimum Gasteiger partial charge on any atom is -0.325 e. The van der Waals surface area contributed by atoms with Crippen LogP contribution in [-0.2, 0) is 22.4 Å². The molecular formula is C21H21N3O3. The highest BCUT2D eigenvalue weighted by atomic mass is 16.2. The van der Waals surface area contributed by atoms with Gasteiger partial charge < -0.3 is 10.2 Å². The standard InChI is InChI=1S/C21H21N3O3/c25-19(23-12-6-10-16-9-4-5-11-18(16)23)14-24-20(26)17(22-21(24)27)13-15-7-2-1-3-8-15/h1-5,7-9,11,17H,6,10,12-14H2,(H,22,27)/t17-/m1/s1. The molecule has 0 unspecified atom stereocenters. The molecular weight excluding hydrogens is 342 g/mol. The first kappa shape index (κ1) is 17.3. The lowest BCUT2D eigenvalue weighted by atomic mass is 10.0. The summed E-state index contributed by atoms with van der Waals surface area (Å²) in [7, 11) is 0. The molecule has 0 aromatic heterocycles. The van der Waals surface area contributed by atoms with Crippen LogP contribution in [0.15, 0.2) is 54.6 Å². The van der Waals surface area contributed by atoms with Crippen molar-refractivity contribution in [1.82, 2.24) is 10.2 Å². The second kappa shape index (κ2) is 7.23. The molecule has 4 rings (SSSR count). The summed E-state index contributed by atoms with van der Waals surface area (Å²) in [4.78, 5) is 40.5. The molecule has 4 amide bonds. The molecule has 2 aliphatic rings. The average molecular weight is 363 g/mol. The number of amides is 4. The number of nitrogens with zero attached hydrogens (tertiary/aromatic N) is 2. The lowest BCUT2D eigenvalue weighted by Gasteiger charge is -2.30. The number of nitrogens with one attached hydrogen (secondary N) is 1. The number of hydrogen-bond donors (Lipinski definition) is 1. The van der Waals surface area contributed by atoms with Crippen molar-refractivity contribution in [2.75, 3.05) is 18.0 Å². The van der Waals surface area contributed by atoms with E-state index in [-0.39, 0.29) is 18.4 Å². The van der Waals surface area contributed by atoms with Crippen molar-refractivity contribution in [2.24, 2.45) is 0 Å². The van der Waals surface area contributed by atoms with Gasteiger partial charge in [-0.05, 0) is 30.0 Å². The molecule has 6 heteroatoms. The van der Waals surface area contributed by atoms with E-state index in [2.05, 4.69) is 5.32 Å². The third-order valence-corrected chi connectivity index (χ3v) is 5.09. The van der Waals surface area contributed by atoms with Crippen molar-refractivity contribution in [3.05, 3.63) is 65.7 Å². The molecule has 6 nitrogen and oxygen atoms in total. The van der Waals surface area contributed by atoms with Crippen LogP contribution >= 0.6 is 0 Å². The largest absolute Gasteiger partial charge is 0.325 e. The van der Waals surface area contributed by atoms with E-state index < -0.39 is 12.1 Å². The molecule has 2 heterocycles. The van der Waals surface area contributed by atoms with Gasteiger partial charge in [0.05, 0.1) is 0 Å². The Morgan fingerprint density at radius 2 is 1.78 bits per heavy atom. The first-order valence-electron chi connectivity index (χ1n) is 9.17. The van der Waals surface area contributed by atoms with Gasteiger partial charge in [0.1, 0.15) is 12.6 Å². The Kier molecular flexibility index (Phi) is 4.62. The maximum atomic E-state index is 12.8. The topological polar surface area (TPSA) is 69.7 Å². The number of rotatable bonds is 4. The predicted molar refractivity (Wildman–Crippen MR) is 101 cm³/mol. The number of carbonyl (C=O) groups is 3. The van der Waals surface area contributed by atoms with Gasteiger partial charge in [0.2, 0.25) is 5.91 Å². The number of hydrogen-bond acceptors (Lipinski definition) is 3. The van der Waals surface area contributed by atoms with E-state index in [1.54, 1.807) is 4.90 Å². The number of aryl methyl sites for hydroxylation is 1. The summed E-state index contributed by atoms with van der Waals surface area (Å²) in [6.07, 6.45) is 2.23. The molecule has 1 saturated heterocycles. The lowest BCUT2D eigenvalue weighted by Crippen LogP contribution is -2.45. The predicted octanol–water partition coefficient (Wildman–Crippen LogP) is 2.13. The molecule has 1 N–H and O–H groups in total. The Morgan fingerprint density at radius 1 is 1.04 bits per heavy atom. The molecule has 0 radical (unpaired) electrons. The minimum atomic E-state index is -0.624. The van der Waals surface area contributed by atoms with E-state index in [0.29, 0.717) is 13.0 Å². The van der Waals surface area contributed by atoms with Gasteiger partial charge in [-0.3, -0.25) is 14.5 Å². The van der Waals surface area contributed by atoms with E-state index in [4.69, 9.17) is 0 Å². The van der Waals surface area contributed by atoms with Crippen LogP contribution in [0.2, 0.25) is 0 Å². The van der Waals surface area contributed by atoms with Gasteiger partial charge in [0.15, 0.2) is 0 Å². The number of anilines is 1. The monoisotopic (exact) mass is 363 g/mol. The first-order chi connectivity index (χ1) is 13.1. The Labute approximate surface area is 157 Å². The van der Waals surface area contributed by atoms with Crippen LogP contribution in [0.1, 0.15) is 17.5 Å². The van der Waals surface area contributed by atoms with Crippen LogP contribution < -0.4 is 10.2 Å². The Morgan fingerprint density at radius 3 is 2.59 bits per heavy atom. The van der Waals surface area contributed by atoms with Crippen LogP contribution in [-0.4, -0.2) is 41.9 Å². The third-order valence-electron chi connectivity index (χ3n) is 5.09. The van der Waals surface area contributed by atoms with E-state index in [9.17, 15) is 14.4 Å². The maximum Gasteiger partial charge on any atom is 0.325 e. The van der Waals surface area contributed by atoms with Gasteiger partial charge >= 0.3 is 6.03 Å². The number of imide groups is 1. The molecule has 138 valence electrons. The summed E-state index contributed by atoms with van der Waals surface area (Å²) in [5.74, 6) is -0.575. The van der Waals surface area contributed by atoms with Crippen molar-refractivity contribution < 1.29 is 14.4 Å². The van der Waals surface area contributed by atoms with Crippen LogP contribution in [0.25, 0.3) is 0 Å². The SMILES string of the molecule is O=C1N[C@H](Cc2ccccc2)C(=O)N1CC(=O)N1CCCc2ccccc21. The van der Waals surface area contributed by atoms with Gasteiger partial charge in [-0.25, -0.2) is 4.79 Å². The quantitative estimate of drug-likeness (QED) is 0.846. The molecule has 0 aliphatic carbocycles. The normalized spacial score (nSPS) is 19.0. The third kappa shape index (κ3) is 3.43. The molecule has 2 aliphatic heterocycles. The molecule has 1 fully saturated rings. The van der Waals surface area contributed by atoms with Crippen molar-refractivity contribution in [3.63, 3.8) is 0 Å². The smallest absolute Gasteiger partial charge is 0.325 e. The van der Waals surface area contributed by atoms with Crippen LogP contribution in [0.4, 0.5) is 10.5 Å². The van der Waals surface area contributed by atoms with E-state index in [1.165, 1.54) is 0 Å². The molecule has 0 bridgehead atoms. The minimum absolute atomic E-state index is 0.231. The molecule has 0 spiro atoms. The second-order valence-electron chi connectivity index (χ2n) is 6.89. The van der Waals surface area contributed by atoms with Crippen molar-refractivity contribution >= 4 is 23.5 Å². The second-order valence-corrected chi connectivity index (χ2v) is 6.89. The fourth-order valence-corrected chi connectivity index (χ4v) is 3.73. The summed E-state index contributed by atoms with van der Waals surface area (Å²) >= 11 is 0. The van der Waals surface area contributed by atoms with Gasteiger partial charge in [-0.1, -0.05) is 48.5 Å². The lowest BCUT2D eigenvalue weighted by molar-refractivity contribution is -0.131. The maximum absolute atomic E-state index is 12.8. The zero-order valence-electron chi connectivity index (χ0n) is 14.9. The van der Waals surface area contributed by atoms with Crippen LogP contribution in [0, 0.1) is 0 Å². The molecule has 0 saturated carbocycles. The average Bonchev–Trinajstić information content (AvgIpc) is 2.95. The van der Waals surface area contributed by atoms with E-state index in [0.717, 1.165) is 34.6 Å². The summed E-state index contributed by atoms with van der Waals surface area (Å²) in [6, 6.07) is 16.2. The van der Waals surface area contributed by atoms with Crippen molar-refractivity contribution in [2.45, 2.75) is 25.3 Å². The molecule has 1 atom stereocenters. The summed E-state index contributed by atoms with van der Waals surface area (Å²) in [5, 5.41) is 2.70. The number of carbonyl (C=O) groups excluding carboxylic acids is 3. The first-order valence-corrected chi connectivity index (χ1v) is 9.17. The molecule has 2 aromatic carbocycles. The van der Waals surface area contributed by atoms with Crippen LogP contribution in [0.3, 0.4) is 0 Å². The Balaban J connectivity index is 1.46. The Hall–Kier alpha value is -3.15. The van der Waals surface area contributed by atoms with Crippen LogP contribution in [0.5, 0.6) is 0 Å². The number of para-hydroxylation sites is 1. The van der Waals surface area contributed by atoms with Crippen molar-refractivity contribution in [1.29, 1.82) is 0 Å². The number of fused-ring (bicyclic) bond motifs is 1. The van der Waals surface area contributed by atoms with Gasteiger partial charge in [-0.2, -0.15) is 0 Å². The van der Waals surface area contributed by atoms with Gasteiger partial charge in [-0.15, -0.1) is 0 Å². The highest BCUT2D eigenvalue weighted by Gasteiger charge is 2.39. The fourth-order valence-electron chi connectivity index (χ4n) is 3.73. The zero-order valence-corrected chi connectivity index (χ0v) is 14.9. The number of benzene rings is 2. The highest BCUT2D eigenvalue weighted by molar-refractivity contribution is 6.08. The highest BCUT2D eigenvalue weighted by Crippen LogP contribution is 2.27. The van der Waals surface area contributed by atoms with E-state index >= 15 is 0 Å².